The number of carbonyl (C=O) groups is 1. The second kappa shape index (κ2) is 7.98. The lowest BCUT2D eigenvalue weighted by Crippen LogP contribution is -2.31. The Labute approximate surface area is 171 Å². The summed E-state index contributed by atoms with van der Waals surface area (Å²) in [5.74, 6) is 0.383. The van der Waals surface area contributed by atoms with Crippen molar-refractivity contribution in [2.75, 3.05) is 13.7 Å². The van der Waals surface area contributed by atoms with Crippen molar-refractivity contribution in [1.82, 2.24) is 20.5 Å². The minimum Gasteiger partial charge on any atom is -0.497 e. The molecule has 148 valence electrons. The molecule has 0 aliphatic heterocycles. The molecule has 0 bridgehead atoms. The molecule has 0 saturated heterocycles. The summed E-state index contributed by atoms with van der Waals surface area (Å²) in [4.78, 5) is 15.7. The van der Waals surface area contributed by atoms with E-state index in [4.69, 9.17) is 16.3 Å². The van der Waals surface area contributed by atoms with Gasteiger partial charge in [-0.05, 0) is 42.0 Å². The highest BCUT2D eigenvalue weighted by molar-refractivity contribution is 6.30. The molecule has 1 atom stereocenters. The third-order valence-electron chi connectivity index (χ3n) is 4.71. The van der Waals surface area contributed by atoms with E-state index < -0.39 is 6.04 Å². The first-order chi connectivity index (χ1) is 14.1. The maximum Gasteiger partial charge on any atom is 0.268 e. The zero-order valence-electron chi connectivity index (χ0n) is 15.6. The van der Waals surface area contributed by atoms with Gasteiger partial charge in [0.2, 0.25) is 0 Å². The standard InChI is InChI=1S/C21H19ClN4O3/c1-29-15-5-6-17-16(9-15)20(26-25-17)13-8-18(23-10-13)21(28)24-19(11-27)12-3-2-4-14(22)7-12/h2-10,19,23,27H,11H2,1H3,(H,24,28)(H,25,26). The zero-order chi connectivity index (χ0) is 20.4. The maximum atomic E-state index is 12.7. The van der Waals surface area contributed by atoms with Crippen molar-refractivity contribution < 1.29 is 14.6 Å². The Morgan fingerprint density at radius 3 is 2.90 bits per heavy atom. The summed E-state index contributed by atoms with van der Waals surface area (Å²) >= 11 is 6.01. The summed E-state index contributed by atoms with van der Waals surface area (Å²) in [5, 5.41) is 21.3. The van der Waals surface area contributed by atoms with Gasteiger partial charge in [-0.1, -0.05) is 23.7 Å². The van der Waals surface area contributed by atoms with Crippen LogP contribution < -0.4 is 10.1 Å². The number of aliphatic hydroxyl groups is 1. The summed E-state index contributed by atoms with van der Waals surface area (Å²) < 4.78 is 5.29. The van der Waals surface area contributed by atoms with Crippen molar-refractivity contribution in [3.63, 3.8) is 0 Å². The number of aromatic amines is 2. The van der Waals surface area contributed by atoms with Gasteiger partial charge in [-0.3, -0.25) is 9.89 Å². The monoisotopic (exact) mass is 410 g/mol. The van der Waals surface area contributed by atoms with Crippen LogP contribution in [0.5, 0.6) is 5.75 Å². The molecule has 1 unspecified atom stereocenters. The summed E-state index contributed by atoms with van der Waals surface area (Å²) in [6.45, 7) is -0.247. The van der Waals surface area contributed by atoms with Gasteiger partial charge in [-0.2, -0.15) is 5.10 Å². The number of ether oxygens (including phenoxy) is 1. The van der Waals surface area contributed by atoms with Crippen LogP contribution in [0.1, 0.15) is 22.1 Å². The first-order valence-electron chi connectivity index (χ1n) is 8.97. The average molecular weight is 411 g/mol. The second-order valence-electron chi connectivity index (χ2n) is 6.55. The number of hydrogen-bond acceptors (Lipinski definition) is 4. The summed E-state index contributed by atoms with van der Waals surface area (Å²) in [5.41, 5.74) is 3.43. The Morgan fingerprint density at radius 1 is 1.28 bits per heavy atom. The highest BCUT2D eigenvalue weighted by Gasteiger charge is 2.18. The van der Waals surface area contributed by atoms with E-state index in [1.165, 1.54) is 0 Å². The molecule has 2 heterocycles. The fourth-order valence-electron chi connectivity index (χ4n) is 3.20. The molecule has 0 aliphatic rings. The van der Waals surface area contributed by atoms with Gasteiger partial charge in [-0.15, -0.1) is 0 Å². The Bertz CT molecular complexity index is 1170. The number of rotatable bonds is 6. The van der Waals surface area contributed by atoms with Crippen LogP contribution in [0.25, 0.3) is 22.2 Å². The fourth-order valence-corrected chi connectivity index (χ4v) is 3.39. The number of benzene rings is 2. The Morgan fingerprint density at radius 2 is 2.14 bits per heavy atom. The molecule has 0 spiro atoms. The minimum atomic E-state index is -0.566. The van der Waals surface area contributed by atoms with Crippen molar-refractivity contribution in [2.24, 2.45) is 0 Å². The second-order valence-corrected chi connectivity index (χ2v) is 6.99. The highest BCUT2D eigenvalue weighted by Crippen LogP contribution is 2.29. The Balaban J connectivity index is 1.58. The van der Waals surface area contributed by atoms with Crippen LogP contribution in [0.15, 0.2) is 54.7 Å². The van der Waals surface area contributed by atoms with E-state index in [2.05, 4.69) is 20.5 Å². The number of aromatic nitrogens is 3. The molecule has 29 heavy (non-hydrogen) atoms. The van der Waals surface area contributed by atoms with Crippen LogP contribution in [0.4, 0.5) is 0 Å². The lowest BCUT2D eigenvalue weighted by Gasteiger charge is -2.16. The summed E-state index contributed by atoms with van der Waals surface area (Å²) in [6, 6.07) is 13.8. The third kappa shape index (κ3) is 3.83. The molecule has 8 heteroatoms. The van der Waals surface area contributed by atoms with Crippen LogP contribution in [0, 0.1) is 0 Å². The number of fused-ring (bicyclic) bond motifs is 1. The van der Waals surface area contributed by atoms with E-state index in [0.29, 0.717) is 16.4 Å². The summed E-state index contributed by atoms with van der Waals surface area (Å²) in [6.07, 6.45) is 1.72. The van der Waals surface area contributed by atoms with Gasteiger partial charge in [0.15, 0.2) is 0 Å². The average Bonchev–Trinajstić information content (AvgIpc) is 3.38. The number of methoxy groups -OCH3 is 1. The van der Waals surface area contributed by atoms with Crippen molar-refractivity contribution in [3.05, 3.63) is 71.0 Å². The van der Waals surface area contributed by atoms with Gasteiger partial charge < -0.3 is 20.1 Å². The number of hydrogen-bond donors (Lipinski definition) is 4. The maximum absolute atomic E-state index is 12.7. The quantitative estimate of drug-likeness (QED) is 0.389. The third-order valence-corrected chi connectivity index (χ3v) is 4.95. The van der Waals surface area contributed by atoms with Crippen molar-refractivity contribution >= 4 is 28.4 Å². The zero-order valence-corrected chi connectivity index (χ0v) is 16.3. The van der Waals surface area contributed by atoms with Crippen LogP contribution in [-0.4, -0.2) is 39.9 Å². The van der Waals surface area contributed by atoms with Crippen LogP contribution in [-0.2, 0) is 0 Å². The van der Waals surface area contributed by atoms with Gasteiger partial charge in [0, 0.05) is 22.2 Å². The fraction of sp³-hybridized carbons (Fsp3) is 0.143. The molecular formula is C21H19ClN4O3. The number of nitrogens with one attached hydrogen (secondary N) is 3. The van der Waals surface area contributed by atoms with Crippen LogP contribution in [0.2, 0.25) is 5.02 Å². The normalized spacial score (nSPS) is 12.1. The van der Waals surface area contributed by atoms with Crippen LogP contribution >= 0.6 is 11.6 Å². The van der Waals surface area contributed by atoms with Gasteiger partial charge in [0.05, 0.1) is 25.3 Å². The molecule has 0 radical (unpaired) electrons. The summed E-state index contributed by atoms with van der Waals surface area (Å²) in [7, 11) is 1.61. The van der Waals surface area contributed by atoms with Crippen LogP contribution in [0.3, 0.4) is 0 Å². The van der Waals surface area contributed by atoms with Crippen molar-refractivity contribution in [3.8, 4) is 17.0 Å². The van der Waals surface area contributed by atoms with E-state index in [1.807, 2.05) is 18.2 Å². The first-order valence-corrected chi connectivity index (χ1v) is 9.35. The van der Waals surface area contributed by atoms with Gasteiger partial charge in [0.25, 0.3) is 5.91 Å². The Kier molecular flexibility index (Phi) is 5.24. The molecule has 4 rings (SSSR count). The lowest BCUT2D eigenvalue weighted by atomic mass is 10.1. The number of H-pyrrole nitrogens is 2. The van der Waals surface area contributed by atoms with E-state index in [1.54, 1.807) is 43.6 Å². The number of halogens is 1. The number of carbonyl (C=O) groups excluding carboxylic acids is 1. The van der Waals surface area contributed by atoms with E-state index >= 15 is 0 Å². The SMILES string of the molecule is COc1ccc2[nH]nc(-c3c[nH]c(C(=O)NC(CO)c4cccc(Cl)c4)c3)c2c1. The molecule has 2 aromatic carbocycles. The van der Waals surface area contributed by atoms with E-state index in [-0.39, 0.29) is 12.5 Å². The van der Waals surface area contributed by atoms with E-state index in [9.17, 15) is 9.90 Å². The topological polar surface area (TPSA) is 103 Å². The number of aliphatic hydroxyl groups excluding tert-OH is 1. The van der Waals surface area contributed by atoms with Gasteiger partial charge in [-0.25, -0.2) is 0 Å². The highest BCUT2D eigenvalue weighted by atomic mass is 35.5. The smallest absolute Gasteiger partial charge is 0.268 e. The molecule has 1 amide bonds. The van der Waals surface area contributed by atoms with Gasteiger partial charge in [0.1, 0.15) is 17.1 Å². The molecule has 0 fully saturated rings. The molecule has 0 saturated carbocycles. The van der Waals surface area contributed by atoms with Crippen molar-refractivity contribution in [2.45, 2.75) is 6.04 Å². The molecule has 7 nitrogen and oxygen atoms in total. The number of nitrogens with zero attached hydrogens (tertiary/aromatic N) is 1. The molecule has 2 aromatic heterocycles. The molecule has 4 N–H and O–H groups in total. The van der Waals surface area contributed by atoms with E-state index in [0.717, 1.165) is 27.8 Å². The predicted octanol–water partition coefficient (Wildman–Crippen LogP) is 3.68. The molecule has 0 aliphatic carbocycles. The predicted molar refractivity (Wildman–Crippen MR) is 111 cm³/mol. The molecular weight excluding hydrogens is 392 g/mol. The largest absolute Gasteiger partial charge is 0.497 e. The minimum absolute atomic E-state index is 0.247. The number of amides is 1. The Hall–Kier alpha value is -3.29. The molecule has 4 aromatic rings. The first kappa shape index (κ1) is 19.0. The van der Waals surface area contributed by atoms with Gasteiger partial charge >= 0.3 is 0 Å². The van der Waals surface area contributed by atoms with Crippen molar-refractivity contribution in [1.29, 1.82) is 0 Å². The lowest BCUT2D eigenvalue weighted by molar-refractivity contribution is 0.0912.